The van der Waals surface area contributed by atoms with Gasteiger partial charge in [-0.15, -0.1) is 0 Å². The van der Waals surface area contributed by atoms with E-state index >= 15 is 0 Å². The number of hydrogen-bond acceptors (Lipinski definition) is 4. The lowest BCUT2D eigenvalue weighted by Gasteiger charge is -1.91. The van der Waals surface area contributed by atoms with Gasteiger partial charge in [-0.1, -0.05) is 3.89 Å². The van der Waals surface area contributed by atoms with Crippen LogP contribution in [0.2, 0.25) is 5.28 Å². The highest BCUT2D eigenvalue weighted by Crippen LogP contribution is 2.09. The Hall–Kier alpha value is -0.750. The van der Waals surface area contributed by atoms with Gasteiger partial charge in [-0.2, -0.15) is 8.42 Å². The third-order valence-electron chi connectivity index (χ3n) is 0.850. The molecule has 0 radical (unpaired) electrons. The zero-order valence-corrected chi connectivity index (χ0v) is 6.60. The third-order valence-corrected chi connectivity index (χ3v) is 1.76. The van der Waals surface area contributed by atoms with Gasteiger partial charge in [0.15, 0.2) is 5.03 Å². The first kappa shape index (κ1) is 8.35. The molecular weight excluding hydrogens is 195 g/mol. The summed E-state index contributed by atoms with van der Waals surface area (Å²) in [6, 6.07) is 0.918. The minimum atomic E-state index is -4.76. The predicted molar refractivity (Wildman–Crippen MR) is 35.3 cm³/mol. The molecule has 11 heavy (non-hydrogen) atoms. The molecule has 4 nitrogen and oxygen atoms in total. The van der Waals surface area contributed by atoms with E-state index in [9.17, 15) is 12.3 Å². The van der Waals surface area contributed by atoms with E-state index in [2.05, 4.69) is 9.97 Å². The van der Waals surface area contributed by atoms with Crippen LogP contribution in [0.25, 0.3) is 0 Å². The van der Waals surface area contributed by atoms with Gasteiger partial charge < -0.3 is 0 Å². The summed E-state index contributed by atoms with van der Waals surface area (Å²) >= 11 is 5.20. The molecule has 1 rings (SSSR count). The molecule has 0 N–H and O–H groups in total. The van der Waals surface area contributed by atoms with Crippen molar-refractivity contribution < 1.29 is 12.3 Å². The summed E-state index contributed by atoms with van der Waals surface area (Å²) in [7, 11) is -4.76. The highest BCUT2D eigenvalue weighted by molar-refractivity contribution is 7.86. The van der Waals surface area contributed by atoms with Gasteiger partial charge >= 0.3 is 10.2 Å². The number of rotatable bonds is 1. The molecule has 0 saturated heterocycles. The van der Waals surface area contributed by atoms with Crippen molar-refractivity contribution in [3.63, 3.8) is 0 Å². The summed E-state index contributed by atoms with van der Waals surface area (Å²) in [6.07, 6.45) is 1.06. The van der Waals surface area contributed by atoms with Gasteiger partial charge in [-0.25, -0.2) is 9.97 Å². The highest BCUT2D eigenvalue weighted by atomic mass is 35.5. The van der Waals surface area contributed by atoms with Gasteiger partial charge in [0.2, 0.25) is 5.28 Å². The molecule has 1 aromatic rings. The molecule has 0 aliphatic carbocycles. The quantitative estimate of drug-likeness (QED) is 0.379. The Morgan fingerprint density at radius 1 is 1.55 bits per heavy atom. The Bertz CT molecular complexity index is 366. The lowest BCUT2D eigenvalue weighted by molar-refractivity contribution is 0.547. The first-order valence-corrected chi connectivity index (χ1v) is 4.19. The van der Waals surface area contributed by atoms with Crippen LogP contribution in [0.4, 0.5) is 3.89 Å². The lowest BCUT2D eigenvalue weighted by Crippen LogP contribution is -1.96. The molecule has 1 heterocycles. The molecule has 0 saturated carbocycles. The summed E-state index contributed by atoms with van der Waals surface area (Å²) in [4.78, 5) is 6.51. The van der Waals surface area contributed by atoms with Crippen LogP contribution in [-0.2, 0) is 10.2 Å². The van der Waals surface area contributed by atoms with Gasteiger partial charge in [0.25, 0.3) is 0 Å². The maximum Gasteiger partial charge on any atom is 0.349 e. The van der Waals surface area contributed by atoms with E-state index in [4.69, 9.17) is 11.6 Å². The first-order chi connectivity index (χ1) is 5.00. The molecule has 0 spiro atoms. The molecule has 0 aliphatic rings. The molecular formula is C4H2ClFN2O2S. The van der Waals surface area contributed by atoms with E-state index in [1.54, 1.807) is 0 Å². The number of halogens is 2. The van der Waals surface area contributed by atoms with Crippen LogP contribution < -0.4 is 0 Å². The zero-order chi connectivity index (χ0) is 8.48. The fourth-order valence-electron chi connectivity index (χ4n) is 0.455. The van der Waals surface area contributed by atoms with E-state index in [0.29, 0.717) is 0 Å². The summed E-state index contributed by atoms with van der Waals surface area (Å²) in [5.74, 6) is 0. The molecule has 0 aliphatic heterocycles. The Morgan fingerprint density at radius 3 is 2.55 bits per heavy atom. The first-order valence-electron chi connectivity index (χ1n) is 2.43. The molecule has 0 unspecified atom stereocenters. The van der Waals surface area contributed by atoms with Crippen LogP contribution in [0.1, 0.15) is 0 Å². The van der Waals surface area contributed by atoms with Crippen molar-refractivity contribution in [2.75, 3.05) is 0 Å². The van der Waals surface area contributed by atoms with Gasteiger partial charge in [-0.3, -0.25) is 0 Å². The smallest absolute Gasteiger partial charge is 0.226 e. The Balaban J connectivity index is 3.28. The second kappa shape index (κ2) is 2.71. The minimum Gasteiger partial charge on any atom is -0.226 e. The second-order valence-corrected chi connectivity index (χ2v) is 3.23. The standard InChI is InChI=1S/C4H2ClFN2O2S/c5-4-7-2-1-3(8-4)11(6,9)10/h1-2H. The van der Waals surface area contributed by atoms with Gasteiger partial charge in [0.05, 0.1) is 0 Å². The average Bonchev–Trinajstić information content (AvgIpc) is 1.86. The maximum absolute atomic E-state index is 12.1. The summed E-state index contributed by atoms with van der Waals surface area (Å²) < 4.78 is 32.5. The molecule has 0 atom stereocenters. The summed E-state index contributed by atoms with van der Waals surface area (Å²) in [6.45, 7) is 0. The van der Waals surface area contributed by atoms with Crippen molar-refractivity contribution in [1.29, 1.82) is 0 Å². The van der Waals surface area contributed by atoms with Crippen molar-refractivity contribution >= 4 is 21.8 Å². The largest absolute Gasteiger partial charge is 0.349 e. The topological polar surface area (TPSA) is 59.9 Å². The Morgan fingerprint density at radius 2 is 2.18 bits per heavy atom. The highest BCUT2D eigenvalue weighted by Gasteiger charge is 2.13. The van der Waals surface area contributed by atoms with Gasteiger partial charge in [-0.05, 0) is 17.7 Å². The second-order valence-electron chi connectivity index (χ2n) is 1.60. The van der Waals surface area contributed by atoms with Crippen molar-refractivity contribution in [3.8, 4) is 0 Å². The van der Waals surface area contributed by atoms with Crippen LogP contribution >= 0.6 is 11.6 Å². The van der Waals surface area contributed by atoms with Crippen LogP contribution in [-0.4, -0.2) is 18.4 Å². The fraction of sp³-hybridized carbons (Fsp3) is 0. The maximum atomic E-state index is 12.1. The molecule has 0 aromatic carbocycles. The van der Waals surface area contributed by atoms with Crippen molar-refractivity contribution in [3.05, 3.63) is 17.5 Å². The predicted octanol–water partition coefficient (Wildman–Crippen LogP) is 0.788. The molecule has 60 valence electrons. The van der Waals surface area contributed by atoms with Crippen LogP contribution in [0.15, 0.2) is 17.3 Å². The molecule has 0 fully saturated rings. The van der Waals surface area contributed by atoms with Crippen LogP contribution in [0, 0.1) is 0 Å². The zero-order valence-electron chi connectivity index (χ0n) is 5.03. The Labute approximate surface area is 67.3 Å². The fourth-order valence-corrected chi connectivity index (χ4v) is 1.07. The normalized spacial score (nSPS) is 11.5. The monoisotopic (exact) mass is 196 g/mol. The van der Waals surface area contributed by atoms with Crippen molar-refractivity contribution in [2.45, 2.75) is 5.03 Å². The van der Waals surface area contributed by atoms with Crippen molar-refractivity contribution in [2.24, 2.45) is 0 Å². The van der Waals surface area contributed by atoms with E-state index < -0.39 is 15.2 Å². The molecule has 7 heteroatoms. The van der Waals surface area contributed by atoms with E-state index in [0.717, 1.165) is 12.3 Å². The summed E-state index contributed by atoms with van der Waals surface area (Å²) in [5, 5.41) is -1.03. The van der Waals surface area contributed by atoms with E-state index in [1.807, 2.05) is 0 Å². The minimum absolute atomic E-state index is 0.302. The van der Waals surface area contributed by atoms with Crippen LogP contribution in [0.5, 0.6) is 0 Å². The number of aromatic nitrogens is 2. The number of nitrogens with zero attached hydrogens (tertiary/aromatic N) is 2. The number of hydrogen-bond donors (Lipinski definition) is 0. The van der Waals surface area contributed by atoms with E-state index in [1.165, 1.54) is 0 Å². The van der Waals surface area contributed by atoms with Gasteiger partial charge in [0.1, 0.15) is 0 Å². The molecule has 1 aromatic heterocycles. The molecule has 0 amide bonds. The third kappa shape index (κ3) is 2.09. The summed E-state index contributed by atoms with van der Waals surface area (Å²) in [5.41, 5.74) is 0. The van der Waals surface area contributed by atoms with Gasteiger partial charge in [0, 0.05) is 6.20 Å². The van der Waals surface area contributed by atoms with Crippen LogP contribution in [0.3, 0.4) is 0 Å². The lowest BCUT2D eigenvalue weighted by atomic mass is 10.7. The SMILES string of the molecule is O=S(=O)(F)c1ccnc(Cl)n1. The Kier molecular flexibility index (Phi) is 2.05. The molecule has 0 bridgehead atoms. The van der Waals surface area contributed by atoms with Crippen molar-refractivity contribution in [1.82, 2.24) is 9.97 Å². The average molecular weight is 197 g/mol. The van der Waals surface area contributed by atoms with E-state index in [-0.39, 0.29) is 5.28 Å².